The number of rotatable bonds is 30. The van der Waals surface area contributed by atoms with Crippen molar-refractivity contribution in [1.82, 2.24) is 15.1 Å². The molecule has 1 aromatic heterocycles. The van der Waals surface area contributed by atoms with Crippen LogP contribution in [-0.2, 0) is 65.1 Å². The Balaban J connectivity index is 0.000000184. The van der Waals surface area contributed by atoms with E-state index in [1.807, 2.05) is 81.4 Å². The first-order valence-electron chi connectivity index (χ1n) is 45.8. The molecule has 11 aromatic carbocycles. The number of amides is 4. The minimum Gasteiger partial charge on any atom is -0.545 e. The van der Waals surface area contributed by atoms with Crippen molar-refractivity contribution >= 4 is 148 Å². The van der Waals surface area contributed by atoms with E-state index in [0.29, 0.717) is 98.4 Å². The number of fused-ring (bicyclic) bond motifs is 3. The average molecular weight is 2010 g/mol. The Morgan fingerprint density at radius 1 is 0.559 bits per heavy atom. The molecule has 732 valence electrons. The van der Waals surface area contributed by atoms with E-state index < -0.39 is 72.5 Å². The maximum absolute atomic E-state index is 14.0. The number of carbonyl (C=O) groups is 9. The van der Waals surface area contributed by atoms with Crippen LogP contribution in [0.25, 0.3) is 11.8 Å². The summed E-state index contributed by atoms with van der Waals surface area (Å²) in [5.74, 6) is -4.99. The van der Waals surface area contributed by atoms with E-state index in [1.165, 1.54) is 110 Å². The fourth-order valence-electron chi connectivity index (χ4n) is 16.3. The number of benzene rings is 11. The summed E-state index contributed by atoms with van der Waals surface area (Å²) in [4.78, 5) is 133. The summed E-state index contributed by atoms with van der Waals surface area (Å²) in [7, 11) is -8.84. The second-order valence-electron chi connectivity index (χ2n) is 33.2. The molecule has 0 bridgehead atoms. The third-order valence-electron chi connectivity index (χ3n) is 23.9. The molecule has 0 radical (unpaired) electrons. The zero-order chi connectivity index (χ0) is 103. The van der Waals surface area contributed by atoms with Crippen LogP contribution in [0, 0.1) is 27.7 Å². The number of hydrogen-bond donors (Lipinski definition) is 7. The van der Waals surface area contributed by atoms with Crippen LogP contribution in [0.5, 0.6) is 5.75 Å². The number of aromatic amines is 1. The number of aromatic nitrogens is 2. The van der Waals surface area contributed by atoms with Gasteiger partial charge in [0.05, 0.1) is 107 Å². The first-order chi connectivity index (χ1) is 68.4. The van der Waals surface area contributed by atoms with E-state index in [2.05, 4.69) is 143 Å². The van der Waals surface area contributed by atoms with Gasteiger partial charge in [-0.3, -0.25) is 52.6 Å². The molecule has 33 nitrogen and oxygen atoms in total. The van der Waals surface area contributed by atoms with Gasteiger partial charge in [0.15, 0.2) is 23.1 Å². The number of ether oxygens (including phenoxy) is 1. The Kier molecular flexibility index (Phi) is 37.3. The number of para-hydroxylation sites is 2. The zero-order valence-electron chi connectivity index (χ0n) is 81.9. The Morgan fingerprint density at radius 3 is 1.53 bits per heavy atom. The standard InChI is InChI=1S/C34H34N2O2.C33H37N3O3.C25H20N4O6.C16H13N5O8S2.2Na/c1-5-21-13-11-14-22(6-2)31(21)35-27-19-20-28(36-32-23(7-3)15-12-16-24(32)8-4)30-29(27)33(37)25-17-9-10-18-26(25)34(30)38;1-6-36(7-2)25-14-15-29(23(4)20-25)35-30-21-28(32(37)27-12-9-8-11-26(27)30)33(38)34-17-10-18-39-31-16-13-22(3)19-24(31)5;1-14-20(22(30)28(26-14)18-10-6-16(7-11-18)24(32)33)4-3-5-21-15(2)27-29(23(21)31)19-12-8-17(9-13-19)25(34)35;17-15(22)13-14(19-18-9-1-5-11(6-2-9)30(24,25)26)16(23)21(20-13)10-3-7-12(8-4-10)31(27,28)29;;/h9-20,35-36H,5-8H2,1-4H3;8-9,11-16,19-21H,6-7,10,17-18H2,1-5H3,(H,34,38);3-13,26H,1-2H3,(H,32,33)(H,34,35);1-8,14H,(H2,17,22)(H,24,25,26)(H,27,28,29);;/q;;;;2*+1/p-2. The quantitative estimate of drug-likeness (QED) is 0.00550. The number of hydrogen-bond acceptors (Lipinski definition) is 25. The van der Waals surface area contributed by atoms with Crippen molar-refractivity contribution in [1.29, 1.82) is 0 Å². The van der Waals surface area contributed by atoms with Gasteiger partial charge in [-0.2, -0.15) is 47.3 Å². The second kappa shape index (κ2) is 48.9. The minimum atomic E-state index is -4.44. The van der Waals surface area contributed by atoms with Gasteiger partial charge >= 0.3 is 59.1 Å². The fourth-order valence-corrected chi connectivity index (χ4v) is 17.3. The van der Waals surface area contributed by atoms with Crippen LogP contribution in [0.3, 0.4) is 0 Å². The smallest absolute Gasteiger partial charge is 0.545 e. The molecule has 3 heterocycles. The maximum Gasteiger partial charge on any atom is 1.00 e. The van der Waals surface area contributed by atoms with Crippen LogP contribution in [0.2, 0.25) is 0 Å². The molecule has 8 N–H and O–H groups in total. The summed E-state index contributed by atoms with van der Waals surface area (Å²) in [6.45, 7) is 25.0. The summed E-state index contributed by atoms with van der Waals surface area (Å²) in [5.41, 5.74) is 24.2. The summed E-state index contributed by atoms with van der Waals surface area (Å²) >= 11 is 0. The number of anilines is 7. The summed E-state index contributed by atoms with van der Waals surface area (Å²) < 4.78 is 69.5. The summed E-state index contributed by atoms with van der Waals surface area (Å²) in [5, 5.41) is 52.4. The molecule has 0 fully saturated rings. The van der Waals surface area contributed by atoms with Crippen molar-refractivity contribution in [3.8, 4) is 11.4 Å². The summed E-state index contributed by atoms with van der Waals surface area (Å²) in [6, 6.07) is 61.9. The first kappa shape index (κ1) is 110. The van der Waals surface area contributed by atoms with Crippen molar-refractivity contribution < 1.29 is 143 Å². The van der Waals surface area contributed by atoms with Gasteiger partial charge in [0.25, 0.3) is 49.4 Å². The van der Waals surface area contributed by atoms with Crippen molar-refractivity contribution in [3.05, 3.63) is 365 Å². The van der Waals surface area contributed by atoms with Crippen molar-refractivity contribution in [2.45, 2.75) is 124 Å². The van der Waals surface area contributed by atoms with Crippen LogP contribution in [0.15, 0.2) is 300 Å². The molecule has 16 rings (SSSR count). The Hall–Kier alpha value is -14.9. The second-order valence-corrected chi connectivity index (χ2v) is 36.1. The zero-order valence-corrected chi connectivity index (χ0v) is 87.6. The molecular formula is C108H102N14Na2O19S2. The van der Waals surface area contributed by atoms with E-state index in [0.717, 1.165) is 113 Å². The molecule has 2 aliphatic heterocycles. The molecule has 0 saturated carbocycles. The van der Waals surface area contributed by atoms with E-state index in [4.69, 9.17) is 24.6 Å². The number of nitrogens with two attached hydrogens (primary N) is 1. The van der Waals surface area contributed by atoms with Crippen LogP contribution in [0.4, 0.5) is 51.2 Å². The SMILES string of the molecule is CC1=NN(c2ccc(C(=O)[O-])cc2)C(=O)C1=CC=Cc1c(C)[nH]n(-c2ccc(C(=O)[O-])cc2)c1=O.CCN(CC)c1ccc(N=C2C=C(C(=O)NCCCOc3ccc(C)cc3C)C(=O)c3ccccc32)c(C)c1.CCc1cccc(CC)c1Nc1ccc(Nc2c(CC)cccc2CC)c2c1C(=O)c1ccccc1C2=O.NC(=O)C1=NN(c2ccc(S(=O)(=O)O)cc2)C(=O)C1N=Nc1ccc(S(=O)(=O)O)cc1.[Na+].[Na+]. The van der Waals surface area contributed by atoms with Gasteiger partial charge in [0, 0.05) is 64.6 Å². The molecule has 37 heteroatoms. The van der Waals surface area contributed by atoms with E-state index in [1.54, 1.807) is 56.4 Å². The number of ketones is 3. The molecule has 1 atom stereocenters. The molecule has 1 unspecified atom stereocenters. The predicted octanol–water partition coefficient (Wildman–Crippen LogP) is 9.58. The molecular weight excluding hydrogens is 1910 g/mol. The first-order valence-corrected chi connectivity index (χ1v) is 48.7. The molecule has 4 aliphatic rings. The topological polar surface area (TPSA) is 489 Å². The maximum atomic E-state index is 14.0. The molecule has 0 saturated heterocycles. The van der Waals surface area contributed by atoms with Gasteiger partial charge in [-0.1, -0.05) is 161 Å². The number of carbonyl (C=O) groups excluding carboxylic acids is 9. The van der Waals surface area contributed by atoms with Crippen molar-refractivity contribution in [2.24, 2.45) is 31.2 Å². The molecule has 12 aromatic rings. The number of nitrogens with one attached hydrogen (secondary N) is 4. The normalized spacial score (nSPS) is 14.1. The van der Waals surface area contributed by atoms with Gasteiger partial charge < -0.3 is 51.1 Å². The number of carboxylic acids is 2. The number of azo groups is 1. The van der Waals surface area contributed by atoms with E-state index in [9.17, 15) is 75.0 Å². The molecule has 0 spiro atoms. The Bertz CT molecular complexity index is 7440. The third kappa shape index (κ3) is 25.7. The van der Waals surface area contributed by atoms with Crippen molar-refractivity contribution in [2.75, 3.05) is 51.8 Å². The number of aryl methyl sites for hydroxylation is 8. The van der Waals surface area contributed by atoms with Gasteiger partial charge in [-0.15, -0.1) is 0 Å². The molecule has 4 amide bonds. The van der Waals surface area contributed by atoms with Crippen LogP contribution < -0.4 is 116 Å². The minimum absolute atomic E-state index is 0. The predicted molar refractivity (Wildman–Crippen MR) is 544 cm³/mol. The number of aliphatic imine (C=N–C) groups is 1. The van der Waals surface area contributed by atoms with Gasteiger partial charge in [0.2, 0.25) is 6.04 Å². The van der Waals surface area contributed by atoms with Gasteiger partial charge in [-0.05, 0) is 253 Å². The molecule has 2 aliphatic carbocycles. The number of hydrazone groups is 2. The third-order valence-corrected chi connectivity index (χ3v) is 25.7. The Labute approximate surface area is 882 Å². The summed E-state index contributed by atoms with van der Waals surface area (Å²) in [6.07, 6.45) is 10.4. The monoisotopic (exact) mass is 2010 g/mol. The fraction of sp³-hybridized carbons (Fsp3) is 0.194. The number of nitrogens with zero attached hydrogens (tertiary/aromatic N) is 9. The van der Waals surface area contributed by atoms with E-state index >= 15 is 0 Å². The van der Waals surface area contributed by atoms with Gasteiger partial charge in [0.1, 0.15) is 5.75 Å². The van der Waals surface area contributed by atoms with E-state index in [-0.39, 0.29) is 115 Å². The number of aromatic carboxylic acids is 2. The van der Waals surface area contributed by atoms with Crippen LogP contribution in [-0.4, -0.2) is 138 Å². The van der Waals surface area contributed by atoms with Crippen LogP contribution in [0.1, 0.15) is 174 Å². The number of allylic oxidation sites excluding steroid dienone is 3. The number of H-pyrrole nitrogens is 1. The number of carboxylic acid groups (broad SMARTS) is 2. The Morgan fingerprint density at radius 2 is 1.05 bits per heavy atom. The largest absolute Gasteiger partial charge is 1.00 e. The van der Waals surface area contributed by atoms with Gasteiger partial charge in [-0.25, -0.2) is 9.67 Å². The number of Topliss-reactive ketones (excluding diaryl/α,β-unsaturated/α-hetero) is 1. The molecule has 145 heavy (non-hydrogen) atoms. The van der Waals surface area contributed by atoms with Crippen molar-refractivity contribution in [3.63, 3.8) is 0 Å². The average Bonchev–Trinajstić information content (AvgIpc) is 1.66. The van der Waals surface area contributed by atoms with Crippen LogP contribution >= 0.6 is 0 Å². The number of primary amides is 1.